The van der Waals surface area contributed by atoms with E-state index in [-0.39, 0.29) is 10.7 Å². The highest BCUT2D eigenvalue weighted by Crippen LogP contribution is 2.18. The molecule has 0 spiro atoms. The molecule has 1 aromatic heterocycles. The topological polar surface area (TPSA) is 42.0 Å². The molecule has 1 amide bonds. The summed E-state index contributed by atoms with van der Waals surface area (Å²) in [7, 11) is 0. The molecule has 1 atom stereocenters. The number of carbonyl (C=O) groups excluding carboxylic acids is 1. The zero-order valence-electron chi connectivity index (χ0n) is 6.92. The minimum Gasteiger partial charge on any atom is -0.323 e. The lowest BCUT2D eigenvalue weighted by Gasteiger charge is -2.06. The van der Waals surface area contributed by atoms with Crippen LogP contribution in [0.2, 0.25) is 0 Å². The monoisotopic (exact) mass is 306 g/mol. The van der Waals surface area contributed by atoms with Gasteiger partial charge < -0.3 is 5.32 Å². The zero-order valence-corrected chi connectivity index (χ0v) is 10.1. The third-order valence-electron chi connectivity index (χ3n) is 1.38. The van der Waals surface area contributed by atoms with E-state index in [1.807, 2.05) is 0 Å². The van der Waals surface area contributed by atoms with Gasteiger partial charge in [0.2, 0.25) is 5.91 Å². The lowest BCUT2D eigenvalue weighted by molar-refractivity contribution is -0.115. The first-order valence-electron chi connectivity index (χ1n) is 3.66. The van der Waals surface area contributed by atoms with Crippen molar-refractivity contribution in [1.29, 1.82) is 0 Å². The van der Waals surface area contributed by atoms with Gasteiger partial charge in [-0.15, -0.1) is 0 Å². The van der Waals surface area contributed by atoms with E-state index in [1.54, 1.807) is 25.3 Å². The van der Waals surface area contributed by atoms with Crippen molar-refractivity contribution in [3.05, 3.63) is 22.9 Å². The summed E-state index contributed by atoms with van der Waals surface area (Å²) in [5.74, 6) is -0.0892. The molecule has 1 unspecified atom stereocenters. The van der Waals surface area contributed by atoms with Crippen LogP contribution in [0.4, 0.5) is 5.69 Å². The molecule has 0 saturated carbocycles. The van der Waals surface area contributed by atoms with E-state index in [2.05, 4.69) is 42.2 Å². The standard InChI is InChI=1S/C8H8Br2N2O/c1-5(9)8(13)12-6-3-2-4-11-7(6)10/h2-5H,1H3,(H,12,13). The third-order valence-corrected chi connectivity index (χ3v) is 2.43. The van der Waals surface area contributed by atoms with Gasteiger partial charge in [-0.25, -0.2) is 4.98 Å². The van der Waals surface area contributed by atoms with Crippen LogP contribution in [0, 0.1) is 0 Å². The normalized spacial score (nSPS) is 12.2. The van der Waals surface area contributed by atoms with Crippen molar-refractivity contribution in [3.8, 4) is 0 Å². The van der Waals surface area contributed by atoms with Gasteiger partial charge >= 0.3 is 0 Å². The van der Waals surface area contributed by atoms with E-state index in [0.717, 1.165) is 0 Å². The predicted molar refractivity (Wildman–Crippen MR) is 59.0 cm³/mol. The number of rotatable bonds is 2. The average Bonchev–Trinajstić information content (AvgIpc) is 2.08. The molecule has 1 aromatic rings. The number of halogens is 2. The first-order chi connectivity index (χ1) is 6.11. The van der Waals surface area contributed by atoms with Gasteiger partial charge in [0.05, 0.1) is 10.5 Å². The maximum atomic E-state index is 11.3. The van der Waals surface area contributed by atoms with Crippen molar-refractivity contribution < 1.29 is 4.79 Å². The lowest BCUT2D eigenvalue weighted by Crippen LogP contribution is -2.20. The number of aromatic nitrogens is 1. The SMILES string of the molecule is CC(Br)C(=O)Nc1cccnc1Br. The second kappa shape index (κ2) is 4.72. The van der Waals surface area contributed by atoms with Crippen LogP contribution < -0.4 is 5.32 Å². The molecule has 5 heteroatoms. The van der Waals surface area contributed by atoms with Crippen LogP contribution in [0.15, 0.2) is 22.9 Å². The first-order valence-corrected chi connectivity index (χ1v) is 5.37. The molecule has 1 heterocycles. The number of alkyl halides is 1. The molecule has 0 saturated heterocycles. The molecular weight excluding hydrogens is 300 g/mol. The second-order valence-corrected chi connectivity index (χ2v) is 4.57. The van der Waals surface area contributed by atoms with Crippen LogP contribution in [0.3, 0.4) is 0 Å². The summed E-state index contributed by atoms with van der Waals surface area (Å²) in [5, 5.41) is 2.71. The van der Waals surface area contributed by atoms with Crippen LogP contribution >= 0.6 is 31.9 Å². The summed E-state index contributed by atoms with van der Waals surface area (Å²) < 4.78 is 0.636. The summed E-state index contributed by atoms with van der Waals surface area (Å²) >= 11 is 6.41. The van der Waals surface area contributed by atoms with Crippen molar-refractivity contribution in [2.45, 2.75) is 11.8 Å². The average molecular weight is 308 g/mol. The Morgan fingerprint density at radius 1 is 1.69 bits per heavy atom. The molecule has 0 aliphatic heterocycles. The van der Waals surface area contributed by atoms with Gasteiger partial charge in [-0.2, -0.15) is 0 Å². The number of anilines is 1. The lowest BCUT2D eigenvalue weighted by atomic mass is 10.4. The molecule has 1 N–H and O–H groups in total. The largest absolute Gasteiger partial charge is 0.323 e. The Morgan fingerprint density at radius 2 is 2.38 bits per heavy atom. The van der Waals surface area contributed by atoms with Gasteiger partial charge in [-0.3, -0.25) is 4.79 Å². The van der Waals surface area contributed by atoms with Gasteiger partial charge in [0, 0.05) is 6.20 Å². The fourth-order valence-corrected chi connectivity index (χ4v) is 1.18. The maximum absolute atomic E-state index is 11.3. The van der Waals surface area contributed by atoms with Crippen molar-refractivity contribution in [2.75, 3.05) is 5.32 Å². The summed E-state index contributed by atoms with van der Waals surface area (Å²) in [6.07, 6.45) is 1.65. The number of carbonyl (C=O) groups is 1. The quantitative estimate of drug-likeness (QED) is 0.674. The minimum absolute atomic E-state index is 0.0892. The fraction of sp³-hybridized carbons (Fsp3) is 0.250. The van der Waals surface area contributed by atoms with E-state index in [1.165, 1.54) is 0 Å². The van der Waals surface area contributed by atoms with Gasteiger partial charge in [0.25, 0.3) is 0 Å². The smallest absolute Gasteiger partial charge is 0.237 e. The van der Waals surface area contributed by atoms with E-state index in [0.29, 0.717) is 10.3 Å². The van der Waals surface area contributed by atoms with Gasteiger partial charge in [-0.05, 0) is 35.0 Å². The number of nitrogens with one attached hydrogen (secondary N) is 1. The molecular formula is C8H8Br2N2O. The first kappa shape index (κ1) is 10.7. The van der Waals surface area contributed by atoms with Gasteiger partial charge in [-0.1, -0.05) is 15.9 Å². The third kappa shape index (κ3) is 3.08. The van der Waals surface area contributed by atoms with Crippen molar-refractivity contribution >= 4 is 43.5 Å². The Labute approximate surface area is 93.2 Å². The van der Waals surface area contributed by atoms with Gasteiger partial charge in [0.15, 0.2) is 0 Å². The van der Waals surface area contributed by atoms with E-state index in [4.69, 9.17) is 0 Å². The molecule has 13 heavy (non-hydrogen) atoms. The number of nitrogens with zero attached hydrogens (tertiary/aromatic N) is 1. The molecule has 0 radical (unpaired) electrons. The number of amides is 1. The number of pyridine rings is 1. The van der Waals surface area contributed by atoms with Crippen molar-refractivity contribution in [1.82, 2.24) is 4.98 Å². The fourth-order valence-electron chi connectivity index (χ4n) is 0.711. The Bertz CT molecular complexity index is 315. The molecule has 70 valence electrons. The van der Waals surface area contributed by atoms with E-state index < -0.39 is 0 Å². The highest BCUT2D eigenvalue weighted by Gasteiger charge is 2.10. The van der Waals surface area contributed by atoms with Crippen molar-refractivity contribution in [3.63, 3.8) is 0 Å². The Balaban J connectivity index is 2.75. The molecule has 3 nitrogen and oxygen atoms in total. The molecule has 0 aliphatic rings. The second-order valence-electron chi connectivity index (χ2n) is 2.45. The van der Waals surface area contributed by atoms with Crippen LogP contribution in [0.1, 0.15) is 6.92 Å². The highest BCUT2D eigenvalue weighted by atomic mass is 79.9. The van der Waals surface area contributed by atoms with Crippen LogP contribution in [0.25, 0.3) is 0 Å². The van der Waals surface area contributed by atoms with E-state index in [9.17, 15) is 4.79 Å². The molecule has 1 rings (SSSR count). The summed E-state index contributed by atoms with van der Waals surface area (Å²) in [4.78, 5) is 15.0. The molecule has 0 fully saturated rings. The Hall–Kier alpha value is -0.420. The van der Waals surface area contributed by atoms with Crippen LogP contribution in [0.5, 0.6) is 0 Å². The molecule has 0 bridgehead atoms. The number of hydrogen-bond acceptors (Lipinski definition) is 2. The number of hydrogen-bond donors (Lipinski definition) is 1. The van der Waals surface area contributed by atoms with Crippen molar-refractivity contribution in [2.24, 2.45) is 0 Å². The minimum atomic E-state index is -0.209. The highest BCUT2D eigenvalue weighted by molar-refractivity contribution is 9.10. The summed E-state index contributed by atoms with van der Waals surface area (Å²) in [6, 6.07) is 3.55. The van der Waals surface area contributed by atoms with Crippen LogP contribution in [-0.2, 0) is 4.79 Å². The summed E-state index contributed by atoms with van der Waals surface area (Å²) in [6.45, 7) is 1.76. The molecule has 0 aliphatic carbocycles. The Morgan fingerprint density at radius 3 is 2.92 bits per heavy atom. The maximum Gasteiger partial charge on any atom is 0.237 e. The zero-order chi connectivity index (χ0) is 9.84. The van der Waals surface area contributed by atoms with Crippen LogP contribution in [-0.4, -0.2) is 15.7 Å². The summed E-state index contributed by atoms with van der Waals surface area (Å²) in [5.41, 5.74) is 0.679. The predicted octanol–water partition coefficient (Wildman–Crippen LogP) is 2.57. The van der Waals surface area contributed by atoms with E-state index >= 15 is 0 Å². The van der Waals surface area contributed by atoms with Gasteiger partial charge in [0.1, 0.15) is 4.60 Å². The molecule has 0 aromatic carbocycles. The Kier molecular flexibility index (Phi) is 3.87.